The summed E-state index contributed by atoms with van der Waals surface area (Å²) in [5.41, 5.74) is 2.44. The number of hydroxylamine groups is 1. The van der Waals surface area contributed by atoms with Crippen molar-refractivity contribution in [3.8, 4) is 11.5 Å². The number of carbonyl (C=O) groups is 2. The normalized spacial score (nSPS) is 20.6. The van der Waals surface area contributed by atoms with Gasteiger partial charge in [0.25, 0.3) is 5.91 Å². The van der Waals surface area contributed by atoms with E-state index in [1.165, 1.54) is 5.48 Å². The largest absolute Gasteiger partial charge is 0.454 e. The third-order valence-electron chi connectivity index (χ3n) is 5.43. The first-order chi connectivity index (χ1) is 13.8. The summed E-state index contributed by atoms with van der Waals surface area (Å²) in [6.45, 7) is 7.71. The van der Waals surface area contributed by atoms with E-state index in [1.54, 1.807) is 4.90 Å². The van der Waals surface area contributed by atoms with Crippen molar-refractivity contribution in [3.05, 3.63) is 18.2 Å². The molecule has 3 rings (SSSR count). The van der Waals surface area contributed by atoms with Gasteiger partial charge < -0.3 is 24.4 Å². The zero-order valence-electron chi connectivity index (χ0n) is 17.0. The number of rotatable bonds is 6. The third-order valence-corrected chi connectivity index (χ3v) is 5.43. The molecule has 1 saturated heterocycles. The number of amides is 2. The Morgan fingerprint density at radius 1 is 1.24 bits per heavy atom. The molecule has 0 saturated carbocycles. The molecule has 2 heterocycles. The van der Waals surface area contributed by atoms with Gasteiger partial charge in [0.2, 0.25) is 12.7 Å². The molecule has 0 aromatic heterocycles. The van der Waals surface area contributed by atoms with E-state index in [1.807, 2.05) is 39.0 Å². The average Bonchev–Trinajstić information content (AvgIpc) is 3.18. The Bertz CT molecular complexity index is 756. The third kappa shape index (κ3) is 4.56. The van der Waals surface area contributed by atoms with Gasteiger partial charge in [-0.25, -0.2) is 5.48 Å². The number of carbonyl (C=O) groups excluding carboxylic acids is 2. The van der Waals surface area contributed by atoms with E-state index in [0.29, 0.717) is 31.8 Å². The van der Waals surface area contributed by atoms with Gasteiger partial charge in [0.1, 0.15) is 6.10 Å². The Labute approximate surface area is 170 Å². The van der Waals surface area contributed by atoms with E-state index in [0.717, 1.165) is 11.4 Å². The van der Waals surface area contributed by atoms with Gasteiger partial charge in [0, 0.05) is 37.4 Å². The van der Waals surface area contributed by atoms with Gasteiger partial charge in [-0.2, -0.15) is 0 Å². The highest BCUT2D eigenvalue weighted by atomic mass is 16.7. The van der Waals surface area contributed by atoms with Crippen molar-refractivity contribution < 1.29 is 29.4 Å². The second-order valence-corrected chi connectivity index (χ2v) is 8.02. The molecule has 1 fully saturated rings. The monoisotopic (exact) mass is 407 g/mol. The summed E-state index contributed by atoms with van der Waals surface area (Å²) in [5.74, 6) is -0.590. The smallest absolute Gasteiger partial charge is 0.272 e. The van der Waals surface area contributed by atoms with Gasteiger partial charge >= 0.3 is 0 Å². The first-order valence-corrected chi connectivity index (χ1v) is 9.89. The predicted octanol–water partition coefficient (Wildman–Crippen LogP) is 0.981. The summed E-state index contributed by atoms with van der Waals surface area (Å²) in [4.78, 5) is 28.8. The average molecular weight is 407 g/mol. The SMILES string of the molecule is CC(C)C[C@H](C(=O)N1CCN(c2ccc3c(c2)OCO3)C[C@H]1C)[C@H](O)C(=O)NO. The molecule has 0 spiro atoms. The Morgan fingerprint density at radius 2 is 1.97 bits per heavy atom. The number of nitrogens with zero attached hydrogens (tertiary/aromatic N) is 2. The van der Waals surface area contributed by atoms with Crippen LogP contribution in [0.15, 0.2) is 18.2 Å². The standard InChI is InChI=1S/C20H29N3O6/c1-12(2)8-15(18(24)19(25)21-27)20(26)23-7-6-22(10-13(23)3)14-4-5-16-17(9-14)29-11-28-16/h4-5,9,12-13,15,18,24,27H,6-8,10-11H2,1-3H3,(H,21,25)/t13-,15+,18+/m1/s1. The van der Waals surface area contributed by atoms with Crippen molar-refractivity contribution in [2.45, 2.75) is 39.3 Å². The molecule has 0 bridgehead atoms. The lowest BCUT2D eigenvalue weighted by Gasteiger charge is -2.42. The molecule has 9 heteroatoms. The fraction of sp³-hybridized carbons (Fsp3) is 0.600. The first-order valence-electron chi connectivity index (χ1n) is 9.89. The van der Waals surface area contributed by atoms with Crippen molar-refractivity contribution in [1.29, 1.82) is 0 Å². The summed E-state index contributed by atoms with van der Waals surface area (Å²) in [7, 11) is 0. The fourth-order valence-corrected chi connectivity index (χ4v) is 3.94. The maximum absolute atomic E-state index is 13.2. The summed E-state index contributed by atoms with van der Waals surface area (Å²) >= 11 is 0. The Balaban J connectivity index is 1.70. The highest BCUT2D eigenvalue weighted by Gasteiger charge is 2.38. The summed E-state index contributed by atoms with van der Waals surface area (Å²) in [6.07, 6.45) is -1.24. The quantitative estimate of drug-likeness (QED) is 0.476. The Morgan fingerprint density at radius 3 is 2.62 bits per heavy atom. The van der Waals surface area contributed by atoms with Crippen LogP contribution < -0.4 is 19.9 Å². The van der Waals surface area contributed by atoms with Crippen LogP contribution in [-0.4, -0.2) is 65.6 Å². The Hall–Kier alpha value is -2.52. The molecule has 29 heavy (non-hydrogen) atoms. The van der Waals surface area contributed by atoms with Crippen molar-refractivity contribution in [3.63, 3.8) is 0 Å². The molecule has 9 nitrogen and oxygen atoms in total. The first kappa shape index (κ1) is 21.2. The topological polar surface area (TPSA) is 112 Å². The number of aliphatic hydroxyl groups excluding tert-OH is 1. The molecular weight excluding hydrogens is 378 g/mol. The van der Waals surface area contributed by atoms with E-state index in [9.17, 15) is 14.7 Å². The zero-order valence-corrected chi connectivity index (χ0v) is 17.0. The molecule has 2 aliphatic rings. The molecule has 3 N–H and O–H groups in total. The lowest BCUT2D eigenvalue weighted by Crippen LogP contribution is -2.57. The number of anilines is 1. The van der Waals surface area contributed by atoms with Crippen LogP contribution in [-0.2, 0) is 9.59 Å². The maximum Gasteiger partial charge on any atom is 0.272 e. The van der Waals surface area contributed by atoms with Gasteiger partial charge in [-0.1, -0.05) is 13.8 Å². The van der Waals surface area contributed by atoms with Crippen molar-refractivity contribution in [2.24, 2.45) is 11.8 Å². The van der Waals surface area contributed by atoms with E-state index >= 15 is 0 Å². The molecular formula is C20H29N3O6. The van der Waals surface area contributed by atoms with Gasteiger partial charge in [0.05, 0.1) is 5.92 Å². The van der Waals surface area contributed by atoms with Crippen LogP contribution in [0.25, 0.3) is 0 Å². The molecule has 0 radical (unpaired) electrons. The van der Waals surface area contributed by atoms with Gasteiger partial charge in [-0.05, 0) is 31.4 Å². The second-order valence-electron chi connectivity index (χ2n) is 8.02. The molecule has 0 unspecified atom stereocenters. The van der Waals surface area contributed by atoms with Crippen LogP contribution in [0.2, 0.25) is 0 Å². The molecule has 3 atom stereocenters. The second kappa shape index (κ2) is 8.87. The number of ether oxygens (including phenoxy) is 2. The number of fused-ring (bicyclic) bond motifs is 1. The maximum atomic E-state index is 13.2. The predicted molar refractivity (Wildman–Crippen MR) is 105 cm³/mol. The molecule has 2 amide bonds. The summed E-state index contributed by atoms with van der Waals surface area (Å²) in [6, 6.07) is 5.67. The molecule has 0 aliphatic carbocycles. The van der Waals surface area contributed by atoms with Crippen LogP contribution in [0, 0.1) is 11.8 Å². The number of hydrogen-bond acceptors (Lipinski definition) is 7. The van der Waals surface area contributed by atoms with Crippen LogP contribution in [0.3, 0.4) is 0 Å². The van der Waals surface area contributed by atoms with Crippen LogP contribution >= 0.6 is 0 Å². The van der Waals surface area contributed by atoms with E-state index < -0.39 is 17.9 Å². The van der Waals surface area contributed by atoms with Gasteiger partial charge in [-0.15, -0.1) is 0 Å². The molecule has 2 aliphatic heterocycles. The lowest BCUT2D eigenvalue weighted by atomic mass is 9.89. The van der Waals surface area contributed by atoms with Gasteiger partial charge in [-0.3, -0.25) is 14.8 Å². The zero-order chi connectivity index (χ0) is 21.1. The summed E-state index contributed by atoms with van der Waals surface area (Å²) in [5, 5.41) is 19.1. The van der Waals surface area contributed by atoms with Crippen LogP contribution in [0.4, 0.5) is 5.69 Å². The number of nitrogens with one attached hydrogen (secondary N) is 1. The number of benzene rings is 1. The lowest BCUT2D eigenvalue weighted by molar-refractivity contribution is -0.152. The molecule has 1 aromatic carbocycles. The minimum absolute atomic E-state index is 0.107. The number of hydrogen-bond donors (Lipinski definition) is 3. The number of aliphatic hydroxyl groups is 1. The van der Waals surface area contributed by atoms with Gasteiger partial charge in [0.15, 0.2) is 11.5 Å². The highest BCUT2D eigenvalue weighted by Crippen LogP contribution is 2.36. The van der Waals surface area contributed by atoms with E-state index in [4.69, 9.17) is 14.7 Å². The van der Waals surface area contributed by atoms with Crippen LogP contribution in [0.1, 0.15) is 27.2 Å². The van der Waals surface area contributed by atoms with Crippen molar-refractivity contribution >= 4 is 17.5 Å². The van der Waals surface area contributed by atoms with E-state index in [2.05, 4.69) is 4.90 Å². The van der Waals surface area contributed by atoms with E-state index in [-0.39, 0.29) is 24.7 Å². The molecule has 160 valence electrons. The number of piperazine rings is 1. The highest BCUT2D eigenvalue weighted by molar-refractivity contribution is 5.89. The minimum Gasteiger partial charge on any atom is -0.454 e. The van der Waals surface area contributed by atoms with Crippen LogP contribution in [0.5, 0.6) is 11.5 Å². The Kier molecular flexibility index (Phi) is 6.49. The summed E-state index contributed by atoms with van der Waals surface area (Å²) < 4.78 is 10.8. The van der Waals surface area contributed by atoms with Crippen molar-refractivity contribution in [2.75, 3.05) is 31.3 Å². The molecule has 1 aromatic rings. The minimum atomic E-state index is -1.59. The fourth-order valence-electron chi connectivity index (χ4n) is 3.94. The van der Waals surface area contributed by atoms with Crippen molar-refractivity contribution in [1.82, 2.24) is 10.4 Å².